The SMILES string of the molecule is CC(C)C[C@H](NC(=O)[C@H](Cc1c[nH]cn1)NC(=O)[C@@H](NC(=O)[C@H](C)NC(=O)[C@H](CO)NC(=O)CNC(=O)[C@H](CO)NC(=O)CN)[C@@H](C)O)C(=O)O. The molecule has 0 aliphatic heterocycles. The highest BCUT2D eigenvalue weighted by Gasteiger charge is 2.34. The maximum absolute atomic E-state index is 13.3. The molecule has 0 fully saturated rings. The number of nitrogens with two attached hydrogens (primary N) is 1. The minimum atomic E-state index is -1.67. The average molecular weight is 729 g/mol. The van der Waals surface area contributed by atoms with E-state index >= 15 is 0 Å². The summed E-state index contributed by atoms with van der Waals surface area (Å²) < 4.78 is 0. The molecule has 7 atom stereocenters. The van der Waals surface area contributed by atoms with E-state index in [1.807, 2.05) is 0 Å². The monoisotopic (exact) mass is 728 g/mol. The number of carbonyl (C=O) groups is 8. The van der Waals surface area contributed by atoms with Crippen LogP contribution in [0.2, 0.25) is 0 Å². The molecule has 0 spiro atoms. The van der Waals surface area contributed by atoms with E-state index in [2.05, 4.69) is 47.2 Å². The number of aromatic amines is 1. The van der Waals surface area contributed by atoms with Crippen molar-refractivity contribution >= 4 is 47.3 Å². The number of aliphatic carboxylic acids is 1. The van der Waals surface area contributed by atoms with E-state index in [0.29, 0.717) is 5.69 Å². The third kappa shape index (κ3) is 15.5. The van der Waals surface area contributed by atoms with Crippen molar-refractivity contribution < 1.29 is 58.8 Å². The lowest BCUT2D eigenvalue weighted by Gasteiger charge is -2.27. The van der Waals surface area contributed by atoms with Crippen LogP contribution in [-0.2, 0) is 44.8 Å². The molecule has 51 heavy (non-hydrogen) atoms. The number of aliphatic hydroxyl groups is 3. The van der Waals surface area contributed by atoms with Crippen molar-refractivity contribution in [2.24, 2.45) is 11.7 Å². The number of aromatic nitrogens is 2. The fraction of sp³-hybridized carbons (Fsp3) is 0.621. The van der Waals surface area contributed by atoms with Crippen LogP contribution in [0.5, 0.6) is 0 Å². The number of carbonyl (C=O) groups excluding carboxylic acids is 7. The second-order valence-corrected chi connectivity index (χ2v) is 11.8. The molecular formula is C29H48N10O12. The van der Waals surface area contributed by atoms with Crippen molar-refractivity contribution in [1.82, 2.24) is 47.2 Å². The van der Waals surface area contributed by atoms with Crippen LogP contribution < -0.4 is 43.0 Å². The van der Waals surface area contributed by atoms with Gasteiger partial charge in [0, 0.05) is 12.6 Å². The molecule has 0 bridgehead atoms. The summed E-state index contributed by atoms with van der Waals surface area (Å²) in [6.07, 6.45) is 1.15. The highest BCUT2D eigenvalue weighted by molar-refractivity contribution is 5.97. The molecule has 1 rings (SSSR count). The van der Waals surface area contributed by atoms with Crippen LogP contribution in [0.3, 0.4) is 0 Å². The second kappa shape index (κ2) is 21.8. The van der Waals surface area contributed by atoms with E-state index in [9.17, 15) is 58.8 Å². The quantitative estimate of drug-likeness (QED) is 0.0528. The number of carboxylic acid groups (broad SMARTS) is 1. The van der Waals surface area contributed by atoms with Crippen LogP contribution in [0.15, 0.2) is 12.5 Å². The Hall–Kier alpha value is -5.19. The number of aliphatic hydroxyl groups excluding tert-OH is 3. The van der Waals surface area contributed by atoms with Crippen molar-refractivity contribution in [3.8, 4) is 0 Å². The number of imidazole rings is 1. The minimum Gasteiger partial charge on any atom is -0.480 e. The van der Waals surface area contributed by atoms with E-state index in [-0.39, 0.29) is 18.8 Å². The van der Waals surface area contributed by atoms with Crippen LogP contribution >= 0.6 is 0 Å². The van der Waals surface area contributed by atoms with Gasteiger partial charge in [-0.15, -0.1) is 0 Å². The Bertz CT molecular complexity index is 1360. The molecule has 286 valence electrons. The first-order valence-corrected chi connectivity index (χ1v) is 15.8. The van der Waals surface area contributed by atoms with Gasteiger partial charge in [0.05, 0.1) is 44.4 Å². The molecular weight excluding hydrogens is 680 g/mol. The summed E-state index contributed by atoms with van der Waals surface area (Å²) in [5.74, 6) is -7.96. The zero-order chi connectivity index (χ0) is 38.8. The van der Waals surface area contributed by atoms with Crippen molar-refractivity contribution in [3.05, 3.63) is 18.2 Å². The molecule has 0 saturated heterocycles. The van der Waals surface area contributed by atoms with Gasteiger partial charge >= 0.3 is 5.97 Å². The number of amides is 7. The first kappa shape index (κ1) is 43.8. The molecule has 0 saturated carbocycles. The number of nitrogens with one attached hydrogen (secondary N) is 8. The molecule has 1 heterocycles. The van der Waals surface area contributed by atoms with Gasteiger partial charge in [0.15, 0.2) is 0 Å². The van der Waals surface area contributed by atoms with Gasteiger partial charge in [-0.05, 0) is 26.2 Å². The lowest BCUT2D eigenvalue weighted by Crippen LogP contribution is -2.61. The second-order valence-electron chi connectivity index (χ2n) is 11.8. The molecule has 14 N–H and O–H groups in total. The van der Waals surface area contributed by atoms with Crippen molar-refractivity contribution in [2.75, 3.05) is 26.3 Å². The fourth-order valence-corrected chi connectivity index (χ4v) is 4.29. The van der Waals surface area contributed by atoms with E-state index < -0.39 is 116 Å². The normalized spacial score (nSPS) is 15.1. The third-order valence-corrected chi connectivity index (χ3v) is 7.01. The van der Waals surface area contributed by atoms with Gasteiger partial charge < -0.3 is 68.4 Å². The maximum Gasteiger partial charge on any atom is 0.326 e. The number of H-pyrrole nitrogens is 1. The predicted molar refractivity (Wildman–Crippen MR) is 175 cm³/mol. The molecule has 7 amide bonds. The highest BCUT2D eigenvalue weighted by Crippen LogP contribution is 2.07. The molecule has 22 heteroatoms. The zero-order valence-corrected chi connectivity index (χ0v) is 28.6. The number of rotatable bonds is 22. The third-order valence-electron chi connectivity index (χ3n) is 7.01. The van der Waals surface area contributed by atoms with Gasteiger partial charge in [-0.2, -0.15) is 0 Å². The summed E-state index contributed by atoms with van der Waals surface area (Å²) in [5, 5.41) is 54.5. The molecule has 1 aromatic rings. The summed E-state index contributed by atoms with van der Waals surface area (Å²) in [7, 11) is 0. The van der Waals surface area contributed by atoms with Crippen molar-refractivity contribution in [1.29, 1.82) is 0 Å². The number of hydrogen-bond acceptors (Lipinski definition) is 13. The zero-order valence-electron chi connectivity index (χ0n) is 28.6. The summed E-state index contributed by atoms with van der Waals surface area (Å²) in [6.45, 7) is 2.96. The van der Waals surface area contributed by atoms with E-state index in [1.54, 1.807) is 13.8 Å². The average Bonchev–Trinajstić information content (AvgIpc) is 3.58. The molecule has 0 unspecified atom stereocenters. The summed E-state index contributed by atoms with van der Waals surface area (Å²) >= 11 is 0. The number of carboxylic acids is 1. The van der Waals surface area contributed by atoms with Crippen LogP contribution in [0, 0.1) is 5.92 Å². The van der Waals surface area contributed by atoms with Gasteiger partial charge in [-0.25, -0.2) is 9.78 Å². The largest absolute Gasteiger partial charge is 0.480 e. The Balaban J connectivity index is 2.90. The Morgan fingerprint density at radius 3 is 1.82 bits per heavy atom. The van der Waals surface area contributed by atoms with Gasteiger partial charge in [0.25, 0.3) is 0 Å². The molecule has 0 radical (unpaired) electrons. The smallest absolute Gasteiger partial charge is 0.326 e. The Morgan fingerprint density at radius 2 is 1.31 bits per heavy atom. The minimum absolute atomic E-state index is 0.0938. The molecule has 0 aliphatic carbocycles. The van der Waals surface area contributed by atoms with Crippen LogP contribution in [0.1, 0.15) is 39.8 Å². The van der Waals surface area contributed by atoms with Gasteiger partial charge in [0.1, 0.15) is 36.3 Å². The lowest BCUT2D eigenvalue weighted by molar-refractivity contribution is -0.143. The van der Waals surface area contributed by atoms with E-state index in [4.69, 9.17) is 5.73 Å². The Morgan fingerprint density at radius 1 is 0.745 bits per heavy atom. The van der Waals surface area contributed by atoms with E-state index in [1.165, 1.54) is 26.4 Å². The summed E-state index contributed by atoms with van der Waals surface area (Å²) in [4.78, 5) is 106. The highest BCUT2D eigenvalue weighted by atomic mass is 16.4. The van der Waals surface area contributed by atoms with Crippen LogP contribution in [0.4, 0.5) is 0 Å². The summed E-state index contributed by atoms with van der Waals surface area (Å²) in [6, 6.07) is -8.76. The lowest BCUT2D eigenvalue weighted by atomic mass is 10.0. The fourth-order valence-electron chi connectivity index (χ4n) is 4.29. The van der Waals surface area contributed by atoms with Crippen LogP contribution in [0.25, 0.3) is 0 Å². The standard InChI is InChI=1S/C29H48N10O12/c1-13(2)5-18(29(50)51)38-26(47)17(6-16-8-31-12-33-16)37-28(49)23(15(4)42)39-24(45)14(3)34-27(48)20(11-41)36-22(44)9-32-25(46)19(10-40)35-21(43)7-30/h8,12-15,17-20,23,40-42H,5-7,9-11,30H2,1-4H3,(H,31,33)(H,32,46)(H,34,48)(H,35,43)(H,36,44)(H,37,49)(H,38,47)(H,39,45)(H,50,51)/t14-,15+,17-,18-,19-,20-,23-/m0/s1. The first-order valence-electron chi connectivity index (χ1n) is 15.8. The number of hydrogen-bond donors (Lipinski definition) is 13. The van der Waals surface area contributed by atoms with Gasteiger partial charge in [-0.3, -0.25) is 33.6 Å². The predicted octanol–water partition coefficient (Wildman–Crippen LogP) is -6.55. The van der Waals surface area contributed by atoms with Crippen molar-refractivity contribution in [2.45, 2.75) is 82.9 Å². The first-order chi connectivity index (χ1) is 23.9. The van der Waals surface area contributed by atoms with E-state index in [0.717, 1.165) is 0 Å². The summed E-state index contributed by atoms with van der Waals surface area (Å²) in [5.41, 5.74) is 5.47. The topological polar surface area (TPSA) is 356 Å². The number of nitrogens with zero attached hydrogens (tertiary/aromatic N) is 1. The van der Waals surface area contributed by atoms with Crippen LogP contribution in [-0.4, -0.2) is 146 Å². The molecule has 0 aliphatic rings. The molecule has 0 aromatic carbocycles. The van der Waals surface area contributed by atoms with Crippen molar-refractivity contribution in [3.63, 3.8) is 0 Å². The van der Waals surface area contributed by atoms with Gasteiger partial charge in [0.2, 0.25) is 41.4 Å². The molecule has 22 nitrogen and oxygen atoms in total. The van der Waals surface area contributed by atoms with Gasteiger partial charge in [-0.1, -0.05) is 13.8 Å². The maximum atomic E-state index is 13.3. The Kier molecular flexibility index (Phi) is 18.7. The Labute approximate surface area is 292 Å². The molecule has 1 aromatic heterocycles.